The molecule has 7 heteroatoms. The highest BCUT2D eigenvalue weighted by molar-refractivity contribution is 5.88. The second kappa shape index (κ2) is 11.7. The van der Waals surface area contributed by atoms with Gasteiger partial charge in [-0.2, -0.15) is 0 Å². The van der Waals surface area contributed by atoms with Crippen LogP contribution >= 0.6 is 0 Å². The Hall–Kier alpha value is -4.23. The van der Waals surface area contributed by atoms with Crippen LogP contribution in [0.3, 0.4) is 0 Å². The molecular weight excluding hydrogens is 495 g/mol. The Bertz CT molecular complexity index is 1480. The number of likely N-dealkylation sites (tertiary alicyclic amines) is 1. The number of amides is 1. The first-order valence-electron chi connectivity index (χ1n) is 13.2. The fourth-order valence-corrected chi connectivity index (χ4v) is 5.45. The Morgan fingerprint density at radius 2 is 1.79 bits per heavy atom. The average molecular weight is 527 g/mol. The highest BCUT2D eigenvalue weighted by Gasteiger charge is 2.34. The number of piperidine rings is 1. The molecule has 1 fully saturated rings. The van der Waals surface area contributed by atoms with Gasteiger partial charge in [0.1, 0.15) is 11.6 Å². The summed E-state index contributed by atoms with van der Waals surface area (Å²) in [6.45, 7) is 3.71. The minimum absolute atomic E-state index is 0.0445. The molecule has 6 nitrogen and oxygen atoms in total. The lowest BCUT2D eigenvalue weighted by atomic mass is 9.80. The number of hydrogen-bond donors (Lipinski definition) is 2. The van der Waals surface area contributed by atoms with Crippen LogP contribution in [0.2, 0.25) is 0 Å². The van der Waals surface area contributed by atoms with Gasteiger partial charge in [0, 0.05) is 25.0 Å². The van der Waals surface area contributed by atoms with Crippen molar-refractivity contribution < 1.29 is 23.8 Å². The number of fused-ring (bicyclic) bond motifs is 1. The molecule has 0 radical (unpaired) electrons. The van der Waals surface area contributed by atoms with E-state index in [1.54, 1.807) is 17.0 Å². The third-order valence-corrected chi connectivity index (χ3v) is 7.55. The van der Waals surface area contributed by atoms with Gasteiger partial charge >= 0.3 is 12.1 Å². The zero-order chi connectivity index (χ0) is 27.4. The van der Waals surface area contributed by atoms with E-state index >= 15 is 0 Å². The van der Waals surface area contributed by atoms with Crippen LogP contribution in [0.15, 0.2) is 91.0 Å². The minimum atomic E-state index is -1.09. The van der Waals surface area contributed by atoms with Gasteiger partial charge in [-0.1, -0.05) is 60.7 Å². The van der Waals surface area contributed by atoms with E-state index in [9.17, 15) is 19.1 Å². The molecule has 1 heterocycles. The number of halogens is 1. The van der Waals surface area contributed by atoms with Crippen LogP contribution in [0, 0.1) is 11.7 Å². The van der Waals surface area contributed by atoms with E-state index in [1.165, 1.54) is 46.7 Å². The van der Waals surface area contributed by atoms with Crippen molar-refractivity contribution in [2.24, 2.45) is 5.92 Å². The van der Waals surface area contributed by atoms with Crippen LogP contribution in [0.1, 0.15) is 46.8 Å². The number of benzene rings is 4. The molecule has 2 N–H and O–H groups in total. The summed E-state index contributed by atoms with van der Waals surface area (Å²) < 4.78 is 19.7. The molecule has 0 spiro atoms. The first kappa shape index (κ1) is 26.4. The predicted molar refractivity (Wildman–Crippen MR) is 149 cm³/mol. The second-order valence-electron chi connectivity index (χ2n) is 10.1. The summed E-state index contributed by atoms with van der Waals surface area (Å²) in [5.41, 5.74) is 2.10. The van der Waals surface area contributed by atoms with Gasteiger partial charge in [0.2, 0.25) is 0 Å². The van der Waals surface area contributed by atoms with Gasteiger partial charge in [0.25, 0.3) is 0 Å². The molecule has 5 rings (SSSR count). The van der Waals surface area contributed by atoms with Crippen molar-refractivity contribution in [1.82, 2.24) is 10.2 Å². The van der Waals surface area contributed by atoms with Crippen LogP contribution in [0.5, 0.6) is 5.75 Å². The number of ether oxygens (including phenoxy) is 1. The van der Waals surface area contributed by atoms with Crippen LogP contribution in [-0.4, -0.2) is 41.7 Å². The van der Waals surface area contributed by atoms with E-state index in [2.05, 4.69) is 42.6 Å². The molecule has 4 aromatic carbocycles. The SMILES string of the molecule is C[C@@H](NCC1CCN(C(=O)Oc2cccc(C(=O)O)c2)CC1c1cccc(F)c1)c1cccc2ccccc12. The molecule has 0 saturated carbocycles. The van der Waals surface area contributed by atoms with Gasteiger partial charge in [-0.05, 0) is 78.0 Å². The molecule has 1 amide bonds. The summed E-state index contributed by atoms with van der Waals surface area (Å²) in [6, 6.07) is 27.2. The number of carboxylic acids is 1. The van der Waals surface area contributed by atoms with Crippen molar-refractivity contribution >= 4 is 22.8 Å². The van der Waals surface area contributed by atoms with Crippen molar-refractivity contribution in [2.45, 2.75) is 25.3 Å². The number of carboxylic acid groups (broad SMARTS) is 1. The molecule has 3 atom stereocenters. The summed E-state index contributed by atoms with van der Waals surface area (Å²) in [5, 5.41) is 15.3. The second-order valence-corrected chi connectivity index (χ2v) is 10.1. The standard InChI is InChI=1S/C32H31FN2O4/c1-21(28-14-6-8-22-7-2-3-13-29(22)28)34-19-25-15-16-35(20-30(25)23-9-4-11-26(33)17-23)32(38)39-27-12-5-10-24(18-27)31(36)37/h2-14,17-18,21,25,30,34H,15-16,19-20H2,1H3,(H,36,37)/t21-,25?,30?/m1/s1. The molecule has 0 bridgehead atoms. The van der Waals surface area contributed by atoms with Crippen LogP contribution < -0.4 is 10.1 Å². The first-order chi connectivity index (χ1) is 18.9. The van der Waals surface area contributed by atoms with Crippen molar-refractivity contribution in [1.29, 1.82) is 0 Å². The predicted octanol–water partition coefficient (Wildman–Crippen LogP) is 6.63. The van der Waals surface area contributed by atoms with Crippen LogP contribution in [0.25, 0.3) is 10.8 Å². The molecular formula is C32H31FN2O4. The minimum Gasteiger partial charge on any atom is -0.478 e. The van der Waals surface area contributed by atoms with Gasteiger partial charge in [0.15, 0.2) is 0 Å². The molecule has 1 aliphatic rings. The Labute approximate surface area is 227 Å². The van der Waals surface area contributed by atoms with E-state index in [0.717, 1.165) is 5.56 Å². The number of nitrogens with one attached hydrogen (secondary N) is 1. The summed E-state index contributed by atoms with van der Waals surface area (Å²) in [4.78, 5) is 25.9. The number of carbonyl (C=O) groups excluding carboxylic acids is 1. The molecule has 1 aliphatic heterocycles. The third-order valence-electron chi connectivity index (χ3n) is 7.55. The van der Waals surface area contributed by atoms with E-state index in [0.29, 0.717) is 26.1 Å². The molecule has 200 valence electrons. The summed E-state index contributed by atoms with van der Waals surface area (Å²) in [5.74, 6) is -1.16. The molecule has 0 aliphatic carbocycles. The van der Waals surface area contributed by atoms with Crippen LogP contribution in [0.4, 0.5) is 9.18 Å². The molecule has 1 saturated heterocycles. The summed E-state index contributed by atoms with van der Waals surface area (Å²) >= 11 is 0. The van der Waals surface area contributed by atoms with Gasteiger partial charge in [-0.3, -0.25) is 0 Å². The maximum absolute atomic E-state index is 14.2. The zero-order valence-electron chi connectivity index (χ0n) is 21.7. The average Bonchev–Trinajstić information content (AvgIpc) is 2.95. The Kier molecular flexibility index (Phi) is 7.89. The lowest BCUT2D eigenvalue weighted by Gasteiger charge is -2.39. The van der Waals surface area contributed by atoms with Gasteiger partial charge < -0.3 is 20.1 Å². The van der Waals surface area contributed by atoms with E-state index in [4.69, 9.17) is 4.74 Å². The number of hydrogen-bond acceptors (Lipinski definition) is 4. The smallest absolute Gasteiger partial charge is 0.415 e. The quantitative estimate of drug-likeness (QED) is 0.283. The molecule has 2 unspecified atom stereocenters. The normalized spacial score (nSPS) is 18.1. The summed E-state index contributed by atoms with van der Waals surface area (Å²) in [6.07, 6.45) is 0.162. The van der Waals surface area contributed by atoms with Crippen molar-refractivity contribution in [3.8, 4) is 5.75 Å². The molecule has 0 aromatic heterocycles. The van der Waals surface area contributed by atoms with E-state index in [1.807, 2.05) is 18.2 Å². The summed E-state index contributed by atoms with van der Waals surface area (Å²) in [7, 11) is 0. The number of aromatic carboxylic acids is 1. The van der Waals surface area contributed by atoms with Gasteiger partial charge in [-0.15, -0.1) is 0 Å². The Morgan fingerprint density at radius 3 is 2.62 bits per heavy atom. The highest BCUT2D eigenvalue weighted by Crippen LogP contribution is 2.34. The third kappa shape index (κ3) is 6.10. The maximum atomic E-state index is 14.2. The number of rotatable bonds is 7. The molecule has 4 aromatic rings. The lowest BCUT2D eigenvalue weighted by Crippen LogP contribution is -2.46. The topological polar surface area (TPSA) is 78.9 Å². The highest BCUT2D eigenvalue weighted by atomic mass is 19.1. The Balaban J connectivity index is 1.31. The number of nitrogens with zero attached hydrogens (tertiary/aromatic N) is 1. The van der Waals surface area contributed by atoms with E-state index < -0.39 is 12.1 Å². The van der Waals surface area contributed by atoms with Gasteiger partial charge in [0.05, 0.1) is 5.56 Å². The van der Waals surface area contributed by atoms with Crippen molar-refractivity contribution in [3.05, 3.63) is 114 Å². The fraction of sp³-hybridized carbons (Fsp3) is 0.250. The fourth-order valence-electron chi connectivity index (χ4n) is 5.45. The Morgan fingerprint density at radius 1 is 1.03 bits per heavy atom. The largest absolute Gasteiger partial charge is 0.478 e. The molecule has 39 heavy (non-hydrogen) atoms. The van der Waals surface area contributed by atoms with Crippen LogP contribution in [-0.2, 0) is 0 Å². The first-order valence-corrected chi connectivity index (χ1v) is 13.2. The monoisotopic (exact) mass is 526 g/mol. The lowest BCUT2D eigenvalue weighted by molar-refractivity contribution is 0.0695. The maximum Gasteiger partial charge on any atom is 0.415 e. The van der Waals surface area contributed by atoms with E-state index in [-0.39, 0.29) is 35.0 Å². The van der Waals surface area contributed by atoms with Gasteiger partial charge in [-0.25, -0.2) is 14.0 Å². The van der Waals surface area contributed by atoms with Crippen molar-refractivity contribution in [3.63, 3.8) is 0 Å². The number of carbonyl (C=O) groups is 2. The van der Waals surface area contributed by atoms with Crippen molar-refractivity contribution in [2.75, 3.05) is 19.6 Å². The zero-order valence-corrected chi connectivity index (χ0v) is 21.7.